The van der Waals surface area contributed by atoms with Gasteiger partial charge in [0, 0.05) is 0 Å². The van der Waals surface area contributed by atoms with Crippen molar-refractivity contribution in [3.05, 3.63) is 0 Å². The van der Waals surface area contributed by atoms with Crippen molar-refractivity contribution in [3.8, 4) is 0 Å². The second-order valence-corrected chi connectivity index (χ2v) is 5.19. The van der Waals surface area contributed by atoms with Gasteiger partial charge in [-0.3, -0.25) is 0 Å². The van der Waals surface area contributed by atoms with Crippen molar-refractivity contribution in [2.45, 2.75) is 6.92 Å². The molecule has 0 bridgehead atoms. The summed E-state index contributed by atoms with van der Waals surface area (Å²) in [5, 5.41) is 16.9. The molecule has 0 heterocycles. The van der Waals surface area contributed by atoms with E-state index >= 15 is 0 Å². The number of carbonyl (C=O) groups is 1. The summed E-state index contributed by atoms with van der Waals surface area (Å²) < 4.78 is 14.7. The zero-order valence-corrected chi connectivity index (χ0v) is 9.86. The first-order valence-electron chi connectivity index (χ1n) is 3.67. The molecule has 0 aromatic heterocycles. The molecule has 6 nitrogen and oxygen atoms in total. The molecule has 0 saturated heterocycles. The van der Waals surface area contributed by atoms with Crippen molar-refractivity contribution < 1.29 is 24.1 Å². The Labute approximate surface area is 85.0 Å². The van der Waals surface area contributed by atoms with Gasteiger partial charge < -0.3 is 0 Å². The van der Waals surface area contributed by atoms with Crippen LogP contribution in [0.1, 0.15) is 6.92 Å². The molecule has 0 aromatic rings. The Hall–Kier alpha value is 0.128. The summed E-state index contributed by atoms with van der Waals surface area (Å²) in [5.74, 6) is -0.473. The normalized spacial score (nSPS) is 10.5. The molecular weight excluding hydrogens is 290 g/mol. The van der Waals surface area contributed by atoms with Gasteiger partial charge in [-0.2, -0.15) is 0 Å². The maximum atomic E-state index is 10.5. The van der Waals surface area contributed by atoms with E-state index in [1.165, 1.54) is 6.92 Å². The molecule has 78 valence electrons. The van der Waals surface area contributed by atoms with E-state index < -0.39 is 27.4 Å². The summed E-state index contributed by atoms with van der Waals surface area (Å²) in [6.07, 6.45) is 0. The summed E-state index contributed by atoms with van der Waals surface area (Å²) in [6, 6.07) is 0. The third kappa shape index (κ3) is 8.46. The Morgan fingerprint density at radius 2 is 1.69 bits per heavy atom. The molecule has 7 heteroatoms. The van der Waals surface area contributed by atoms with Gasteiger partial charge in [0.1, 0.15) is 0 Å². The fourth-order valence-electron chi connectivity index (χ4n) is 0.426. The van der Waals surface area contributed by atoms with Gasteiger partial charge in [0.2, 0.25) is 0 Å². The molecule has 0 aliphatic heterocycles. The van der Waals surface area contributed by atoms with E-state index in [2.05, 4.69) is 0 Å². The van der Waals surface area contributed by atoms with E-state index in [-0.39, 0.29) is 26.4 Å². The van der Waals surface area contributed by atoms with Gasteiger partial charge in [-0.25, -0.2) is 0 Å². The Morgan fingerprint density at radius 1 is 1.23 bits per heavy atom. The van der Waals surface area contributed by atoms with Crippen LogP contribution in [0.25, 0.3) is 0 Å². The molecule has 0 fully saturated rings. The van der Waals surface area contributed by atoms with Crippen LogP contribution in [-0.2, 0) is 13.8 Å². The first-order valence-corrected chi connectivity index (χ1v) is 6.79. The molecule has 0 atom stereocenters. The minimum absolute atomic E-state index is 0.0848. The van der Waals surface area contributed by atoms with Crippen molar-refractivity contribution in [2.75, 3.05) is 26.4 Å². The topological polar surface area (TPSA) is 85.2 Å². The standard InChI is InChI=1S/C2H4O2.2C2H5O2.Sb/c1-2(3)4;2*3-1-2-4;/h1H3,(H,3,4);2*3H,1-2H2;/q;2*-1;+3/p-1. The van der Waals surface area contributed by atoms with E-state index in [9.17, 15) is 4.79 Å². The molecule has 0 aliphatic carbocycles. The van der Waals surface area contributed by atoms with Gasteiger partial charge in [0.25, 0.3) is 0 Å². The predicted octanol–water partition coefficient (Wildman–Crippen LogP) is -1.45. The molecule has 0 saturated carbocycles. The van der Waals surface area contributed by atoms with Crippen molar-refractivity contribution in [3.63, 3.8) is 0 Å². The Kier molecular flexibility index (Phi) is 8.80. The molecule has 0 spiro atoms. The first kappa shape index (κ1) is 13.1. The number of aliphatic hydroxyl groups excluding tert-OH is 2. The summed E-state index contributed by atoms with van der Waals surface area (Å²) in [5.41, 5.74) is 0. The van der Waals surface area contributed by atoms with Gasteiger partial charge in [-0.05, 0) is 0 Å². The second kappa shape index (κ2) is 8.71. The Bertz CT molecular complexity index is 133. The van der Waals surface area contributed by atoms with Gasteiger partial charge in [-0.1, -0.05) is 0 Å². The van der Waals surface area contributed by atoms with Crippen LogP contribution in [0.4, 0.5) is 0 Å². The molecule has 0 aliphatic rings. The summed E-state index contributed by atoms with van der Waals surface area (Å²) in [4.78, 5) is 10.5. The minimum atomic E-state index is -2.93. The number of hydrogen-bond acceptors (Lipinski definition) is 6. The van der Waals surface area contributed by atoms with Crippen molar-refractivity contribution in [1.82, 2.24) is 0 Å². The average molecular weight is 303 g/mol. The summed E-state index contributed by atoms with van der Waals surface area (Å²) in [7, 11) is 0. The van der Waals surface area contributed by atoms with Gasteiger partial charge in [0.05, 0.1) is 0 Å². The quantitative estimate of drug-likeness (QED) is 0.560. The monoisotopic (exact) mass is 302 g/mol. The van der Waals surface area contributed by atoms with Crippen LogP contribution in [0.5, 0.6) is 0 Å². The zero-order valence-electron chi connectivity index (χ0n) is 7.30. The van der Waals surface area contributed by atoms with Crippen molar-refractivity contribution >= 4 is 27.4 Å². The van der Waals surface area contributed by atoms with E-state index in [1.54, 1.807) is 0 Å². The molecule has 0 amide bonds. The first-order chi connectivity index (χ1) is 6.20. The molecule has 0 aromatic carbocycles. The van der Waals surface area contributed by atoms with E-state index in [0.717, 1.165) is 0 Å². The number of hydrogen-bond donors (Lipinski definition) is 2. The fraction of sp³-hybridized carbons (Fsp3) is 0.833. The third-order valence-electron chi connectivity index (χ3n) is 0.779. The molecule has 0 rings (SSSR count). The van der Waals surface area contributed by atoms with Crippen LogP contribution in [-0.4, -0.2) is 64.1 Å². The SMILES string of the molecule is CC(=O)[O][Sb]([O]CCO)[O]CCO. The Morgan fingerprint density at radius 3 is 2.00 bits per heavy atom. The van der Waals surface area contributed by atoms with Crippen molar-refractivity contribution in [1.29, 1.82) is 0 Å². The Balaban J connectivity index is 3.66. The van der Waals surface area contributed by atoms with E-state index in [1.807, 2.05) is 0 Å². The number of rotatable bonds is 7. The van der Waals surface area contributed by atoms with Crippen LogP contribution in [0.2, 0.25) is 0 Å². The second-order valence-electron chi connectivity index (χ2n) is 1.92. The van der Waals surface area contributed by atoms with Crippen LogP contribution in [0.3, 0.4) is 0 Å². The van der Waals surface area contributed by atoms with E-state index in [0.29, 0.717) is 0 Å². The molecular formula is C6H13O6Sb. The van der Waals surface area contributed by atoms with Gasteiger partial charge in [-0.15, -0.1) is 0 Å². The molecule has 0 unspecified atom stereocenters. The van der Waals surface area contributed by atoms with Gasteiger partial charge >= 0.3 is 84.8 Å². The predicted molar refractivity (Wildman–Crippen MR) is 43.6 cm³/mol. The van der Waals surface area contributed by atoms with Crippen molar-refractivity contribution in [2.24, 2.45) is 0 Å². The van der Waals surface area contributed by atoms with Crippen LogP contribution in [0.15, 0.2) is 0 Å². The summed E-state index contributed by atoms with van der Waals surface area (Å²) in [6.45, 7) is 1.12. The van der Waals surface area contributed by atoms with Crippen LogP contribution >= 0.6 is 0 Å². The molecule has 0 radical (unpaired) electrons. The fourth-order valence-corrected chi connectivity index (χ4v) is 2.86. The van der Waals surface area contributed by atoms with E-state index in [4.69, 9.17) is 19.3 Å². The molecule has 13 heavy (non-hydrogen) atoms. The zero-order chi connectivity index (χ0) is 10.1. The van der Waals surface area contributed by atoms with Gasteiger partial charge in [0.15, 0.2) is 0 Å². The summed E-state index contributed by atoms with van der Waals surface area (Å²) >= 11 is -2.93. The molecule has 2 N–H and O–H groups in total. The van der Waals surface area contributed by atoms with Crippen LogP contribution in [0, 0.1) is 0 Å². The number of carbonyl (C=O) groups excluding carboxylic acids is 1. The van der Waals surface area contributed by atoms with Crippen LogP contribution < -0.4 is 0 Å². The third-order valence-corrected chi connectivity index (χ3v) is 4.18. The maximum absolute atomic E-state index is 10.5. The number of aliphatic hydroxyl groups is 2. The average Bonchev–Trinajstić information content (AvgIpc) is 2.09.